The van der Waals surface area contributed by atoms with E-state index in [2.05, 4.69) is 0 Å². The summed E-state index contributed by atoms with van der Waals surface area (Å²) < 4.78 is 10.6. The molecule has 7 nitrogen and oxygen atoms in total. The van der Waals surface area contributed by atoms with E-state index in [4.69, 9.17) is 9.47 Å². The molecule has 0 aliphatic carbocycles. The largest absolute Gasteiger partial charge is 0.480 e. The third-order valence-corrected chi connectivity index (χ3v) is 4.52. The highest BCUT2D eigenvalue weighted by Gasteiger charge is 2.42. The van der Waals surface area contributed by atoms with Crippen molar-refractivity contribution in [2.45, 2.75) is 38.0 Å². The minimum absolute atomic E-state index is 0.0285. The third-order valence-electron chi connectivity index (χ3n) is 4.52. The van der Waals surface area contributed by atoms with Crippen LogP contribution in [0.2, 0.25) is 0 Å². The molecule has 1 N–H and O–H groups in total. The number of likely N-dealkylation sites (tertiary alicyclic amines) is 2. The Morgan fingerprint density at radius 3 is 2.19 bits per heavy atom. The quantitative estimate of drug-likeness (QED) is 0.827. The Morgan fingerprint density at radius 2 is 1.71 bits per heavy atom. The van der Waals surface area contributed by atoms with Crippen LogP contribution in [0, 0.1) is 5.92 Å². The molecule has 4 unspecified atom stereocenters. The van der Waals surface area contributed by atoms with Crippen LogP contribution in [-0.4, -0.2) is 79.0 Å². The molecule has 120 valence electrons. The number of carbonyl (C=O) groups excluding carboxylic acids is 1. The van der Waals surface area contributed by atoms with Gasteiger partial charge in [0.1, 0.15) is 18.2 Å². The van der Waals surface area contributed by atoms with Crippen molar-refractivity contribution in [2.24, 2.45) is 5.92 Å². The van der Waals surface area contributed by atoms with Crippen molar-refractivity contribution in [2.75, 3.05) is 33.9 Å². The van der Waals surface area contributed by atoms with Gasteiger partial charge >= 0.3 is 12.0 Å². The highest BCUT2D eigenvalue weighted by Crippen LogP contribution is 2.26. The predicted octanol–water partition coefficient (Wildman–Crippen LogP) is 0.637. The number of hydrogen-bond donors (Lipinski definition) is 1. The first-order valence-electron chi connectivity index (χ1n) is 7.33. The van der Waals surface area contributed by atoms with Crippen LogP contribution >= 0.6 is 0 Å². The van der Waals surface area contributed by atoms with Crippen LogP contribution in [0.25, 0.3) is 0 Å². The Kier molecular flexibility index (Phi) is 5.05. The minimum Gasteiger partial charge on any atom is -0.480 e. The molecule has 2 aliphatic rings. The second-order valence-corrected chi connectivity index (χ2v) is 5.83. The maximum absolute atomic E-state index is 12.7. The molecule has 2 saturated heterocycles. The van der Waals surface area contributed by atoms with Gasteiger partial charge in [-0.25, -0.2) is 9.59 Å². The normalized spacial score (nSPS) is 33.3. The summed E-state index contributed by atoms with van der Waals surface area (Å²) in [6.45, 7) is 3.25. The number of rotatable bonds is 3. The van der Waals surface area contributed by atoms with Crippen molar-refractivity contribution in [1.29, 1.82) is 0 Å². The molecule has 2 amide bonds. The van der Waals surface area contributed by atoms with Gasteiger partial charge in [-0.15, -0.1) is 0 Å². The summed E-state index contributed by atoms with van der Waals surface area (Å²) in [6.07, 6.45) is 1.35. The molecule has 0 saturated carbocycles. The van der Waals surface area contributed by atoms with Crippen molar-refractivity contribution >= 4 is 12.0 Å². The molecule has 2 rings (SSSR count). The van der Waals surface area contributed by atoms with Gasteiger partial charge in [0.2, 0.25) is 0 Å². The fourth-order valence-corrected chi connectivity index (χ4v) is 3.31. The maximum Gasteiger partial charge on any atom is 0.326 e. The number of methoxy groups -OCH3 is 2. The lowest BCUT2D eigenvalue weighted by atomic mass is 9.91. The van der Waals surface area contributed by atoms with Crippen LogP contribution < -0.4 is 0 Å². The molecule has 21 heavy (non-hydrogen) atoms. The average molecular weight is 300 g/mol. The van der Waals surface area contributed by atoms with Gasteiger partial charge in [-0.1, -0.05) is 6.92 Å². The number of ether oxygens (including phenoxy) is 2. The van der Waals surface area contributed by atoms with Gasteiger partial charge < -0.3 is 24.4 Å². The number of urea groups is 1. The molecular formula is C14H24N2O5. The molecule has 0 aromatic heterocycles. The number of amides is 2. The molecule has 0 spiro atoms. The second-order valence-electron chi connectivity index (χ2n) is 5.83. The van der Waals surface area contributed by atoms with Crippen LogP contribution in [0.4, 0.5) is 4.79 Å². The zero-order chi connectivity index (χ0) is 15.6. The lowest BCUT2D eigenvalue weighted by molar-refractivity contribution is -0.145. The van der Waals surface area contributed by atoms with E-state index < -0.39 is 12.0 Å². The Balaban J connectivity index is 2.10. The fraction of sp³-hybridized carbons (Fsp3) is 0.857. The molecule has 2 aliphatic heterocycles. The molecule has 0 aromatic carbocycles. The van der Waals surface area contributed by atoms with Crippen LogP contribution in [0.1, 0.15) is 19.8 Å². The number of carboxylic acid groups (broad SMARTS) is 1. The first kappa shape index (κ1) is 16.0. The SMILES string of the molecule is COC1CN(C(=O)N2CCCC(C)C2C(=O)O)CC1OC. The van der Waals surface area contributed by atoms with Crippen LogP contribution in [0.5, 0.6) is 0 Å². The van der Waals surface area contributed by atoms with E-state index in [1.165, 1.54) is 4.90 Å². The maximum atomic E-state index is 12.7. The lowest BCUT2D eigenvalue weighted by Crippen LogP contribution is -2.55. The predicted molar refractivity (Wildman–Crippen MR) is 75.1 cm³/mol. The van der Waals surface area contributed by atoms with Gasteiger partial charge in [-0.05, 0) is 18.8 Å². The summed E-state index contributed by atoms with van der Waals surface area (Å²) in [6, 6.07) is -0.968. The summed E-state index contributed by atoms with van der Waals surface area (Å²) in [5.74, 6) is -0.958. The van der Waals surface area contributed by atoms with Crippen molar-refractivity contribution in [3.63, 3.8) is 0 Å². The molecule has 4 atom stereocenters. The Hall–Kier alpha value is -1.34. The van der Waals surface area contributed by atoms with Gasteiger partial charge in [0.15, 0.2) is 0 Å². The molecule has 0 aromatic rings. The average Bonchev–Trinajstić information content (AvgIpc) is 2.89. The number of aliphatic carboxylic acids is 1. The van der Waals surface area contributed by atoms with E-state index in [1.54, 1.807) is 19.1 Å². The molecule has 0 bridgehead atoms. The van der Waals surface area contributed by atoms with Crippen molar-refractivity contribution in [1.82, 2.24) is 9.80 Å². The summed E-state index contributed by atoms with van der Waals surface area (Å²) in [4.78, 5) is 27.3. The highest BCUT2D eigenvalue weighted by molar-refractivity contribution is 5.83. The topological polar surface area (TPSA) is 79.3 Å². The molecular weight excluding hydrogens is 276 g/mol. The summed E-state index contributed by atoms with van der Waals surface area (Å²) >= 11 is 0. The zero-order valence-electron chi connectivity index (χ0n) is 12.8. The Morgan fingerprint density at radius 1 is 1.14 bits per heavy atom. The summed E-state index contributed by atoms with van der Waals surface area (Å²) in [5.41, 5.74) is 0. The molecule has 7 heteroatoms. The van der Waals surface area contributed by atoms with E-state index >= 15 is 0 Å². The Bertz CT molecular complexity index is 391. The number of nitrogens with zero attached hydrogens (tertiary/aromatic N) is 2. The van der Waals surface area contributed by atoms with E-state index in [1.807, 2.05) is 6.92 Å². The molecule has 0 radical (unpaired) electrons. The van der Waals surface area contributed by atoms with Crippen LogP contribution in [0.15, 0.2) is 0 Å². The van der Waals surface area contributed by atoms with E-state index in [0.717, 1.165) is 12.8 Å². The number of carboxylic acids is 1. The monoisotopic (exact) mass is 300 g/mol. The van der Waals surface area contributed by atoms with E-state index in [9.17, 15) is 14.7 Å². The van der Waals surface area contributed by atoms with E-state index in [-0.39, 0.29) is 24.2 Å². The fourth-order valence-electron chi connectivity index (χ4n) is 3.31. The molecule has 2 fully saturated rings. The second kappa shape index (κ2) is 6.62. The van der Waals surface area contributed by atoms with Gasteiger partial charge in [0.25, 0.3) is 0 Å². The first-order valence-corrected chi connectivity index (χ1v) is 7.33. The molecule has 2 heterocycles. The van der Waals surface area contributed by atoms with Gasteiger partial charge in [-0.3, -0.25) is 0 Å². The van der Waals surface area contributed by atoms with Crippen LogP contribution in [0.3, 0.4) is 0 Å². The lowest BCUT2D eigenvalue weighted by Gasteiger charge is -2.39. The first-order chi connectivity index (χ1) is 9.99. The number of hydrogen-bond acceptors (Lipinski definition) is 4. The summed E-state index contributed by atoms with van der Waals surface area (Å²) in [5, 5.41) is 9.41. The van der Waals surface area contributed by atoms with Crippen LogP contribution in [-0.2, 0) is 14.3 Å². The smallest absolute Gasteiger partial charge is 0.326 e. The van der Waals surface area contributed by atoms with E-state index in [0.29, 0.717) is 19.6 Å². The third kappa shape index (κ3) is 3.13. The highest BCUT2D eigenvalue weighted by atomic mass is 16.5. The Labute approximate surface area is 124 Å². The van der Waals surface area contributed by atoms with Gasteiger partial charge in [-0.2, -0.15) is 0 Å². The number of carbonyl (C=O) groups is 2. The van der Waals surface area contributed by atoms with Crippen molar-refractivity contribution in [3.05, 3.63) is 0 Å². The summed E-state index contributed by atoms with van der Waals surface area (Å²) in [7, 11) is 3.18. The van der Waals surface area contributed by atoms with Crippen molar-refractivity contribution < 1.29 is 24.2 Å². The van der Waals surface area contributed by atoms with Crippen molar-refractivity contribution in [3.8, 4) is 0 Å². The van der Waals surface area contributed by atoms with Gasteiger partial charge in [0, 0.05) is 20.8 Å². The zero-order valence-corrected chi connectivity index (χ0v) is 12.8. The van der Waals surface area contributed by atoms with Gasteiger partial charge in [0.05, 0.1) is 13.1 Å². The number of piperidine rings is 1. The standard InChI is InChI=1S/C14H24N2O5/c1-9-5-4-6-16(12(9)13(17)18)14(19)15-7-10(20-2)11(8-15)21-3/h9-12H,4-8H2,1-3H3,(H,17,18). The minimum atomic E-state index is -0.929.